The van der Waals surface area contributed by atoms with Crippen LogP contribution < -0.4 is 5.73 Å². The molecule has 0 radical (unpaired) electrons. The molecule has 0 bridgehead atoms. The molecule has 1 aromatic carbocycles. The molecule has 2 rings (SSSR count). The molecule has 0 spiro atoms. The lowest BCUT2D eigenvalue weighted by Gasteiger charge is -2.19. The van der Waals surface area contributed by atoms with Crippen LogP contribution in [-0.2, 0) is 6.18 Å². The van der Waals surface area contributed by atoms with Crippen molar-refractivity contribution in [2.45, 2.75) is 31.5 Å². The maximum Gasteiger partial charge on any atom is 0.416 e. The van der Waals surface area contributed by atoms with Crippen molar-refractivity contribution < 1.29 is 13.2 Å². The molecule has 0 aliphatic heterocycles. The lowest BCUT2D eigenvalue weighted by atomic mass is 9.94. The van der Waals surface area contributed by atoms with E-state index in [4.69, 9.17) is 5.73 Å². The first-order valence-electron chi connectivity index (χ1n) is 5.61. The van der Waals surface area contributed by atoms with Gasteiger partial charge in [0, 0.05) is 0 Å². The van der Waals surface area contributed by atoms with E-state index in [1.807, 2.05) is 6.08 Å². The van der Waals surface area contributed by atoms with Crippen LogP contribution in [0, 0.1) is 0 Å². The minimum absolute atomic E-state index is 0.174. The van der Waals surface area contributed by atoms with Gasteiger partial charge in [-0.2, -0.15) is 13.2 Å². The smallest absolute Gasteiger partial charge is 0.321 e. The van der Waals surface area contributed by atoms with Crippen molar-refractivity contribution in [2.24, 2.45) is 5.73 Å². The first-order valence-corrected chi connectivity index (χ1v) is 5.61. The molecule has 0 fully saturated rings. The zero-order valence-electron chi connectivity index (χ0n) is 9.30. The van der Waals surface area contributed by atoms with Gasteiger partial charge in [0.05, 0.1) is 11.6 Å². The molecular formula is C13H14F3N. The van der Waals surface area contributed by atoms with Gasteiger partial charge in [-0.25, -0.2) is 0 Å². The van der Waals surface area contributed by atoms with Crippen LogP contribution in [0.3, 0.4) is 0 Å². The van der Waals surface area contributed by atoms with E-state index in [1.165, 1.54) is 12.1 Å². The fraction of sp³-hybridized carbons (Fsp3) is 0.385. The number of nitrogens with two attached hydrogens (primary N) is 1. The van der Waals surface area contributed by atoms with Crippen molar-refractivity contribution in [1.82, 2.24) is 0 Å². The molecule has 1 nitrogen and oxygen atoms in total. The van der Waals surface area contributed by atoms with Crippen LogP contribution in [0.4, 0.5) is 13.2 Å². The van der Waals surface area contributed by atoms with Gasteiger partial charge in [0.1, 0.15) is 0 Å². The predicted octanol–water partition coefficient (Wildman–Crippen LogP) is 3.82. The fourth-order valence-corrected chi connectivity index (χ4v) is 2.20. The van der Waals surface area contributed by atoms with E-state index in [-0.39, 0.29) is 5.56 Å². The topological polar surface area (TPSA) is 26.0 Å². The summed E-state index contributed by atoms with van der Waals surface area (Å²) in [5.41, 5.74) is 6.40. The van der Waals surface area contributed by atoms with Crippen LogP contribution in [0.15, 0.2) is 35.9 Å². The fourth-order valence-electron chi connectivity index (χ4n) is 2.20. The van der Waals surface area contributed by atoms with E-state index in [1.54, 1.807) is 6.07 Å². The lowest BCUT2D eigenvalue weighted by molar-refractivity contribution is -0.138. The number of alkyl halides is 3. The van der Waals surface area contributed by atoms with Crippen LogP contribution >= 0.6 is 0 Å². The zero-order valence-corrected chi connectivity index (χ0v) is 9.30. The van der Waals surface area contributed by atoms with E-state index >= 15 is 0 Å². The van der Waals surface area contributed by atoms with Gasteiger partial charge in [0.15, 0.2) is 0 Å². The Kier molecular flexibility index (Phi) is 3.24. The summed E-state index contributed by atoms with van der Waals surface area (Å²) in [6.07, 6.45) is 0.312. The number of hydrogen-bond acceptors (Lipinski definition) is 1. The number of benzene rings is 1. The van der Waals surface area contributed by atoms with E-state index in [2.05, 4.69) is 0 Å². The normalized spacial score (nSPS) is 18.0. The molecule has 0 heterocycles. The molecule has 0 aromatic heterocycles. The minimum atomic E-state index is -4.34. The number of rotatable bonds is 2. The van der Waals surface area contributed by atoms with Crippen LogP contribution in [0.2, 0.25) is 0 Å². The maximum absolute atomic E-state index is 12.8. The summed E-state index contributed by atoms with van der Waals surface area (Å²) in [6.45, 7) is 0. The summed E-state index contributed by atoms with van der Waals surface area (Å²) in [7, 11) is 0. The van der Waals surface area contributed by atoms with Gasteiger partial charge in [-0.05, 0) is 30.9 Å². The molecule has 1 aromatic rings. The van der Waals surface area contributed by atoms with Gasteiger partial charge >= 0.3 is 6.18 Å². The average Bonchev–Trinajstić information content (AvgIpc) is 2.80. The second kappa shape index (κ2) is 4.53. The molecule has 0 saturated carbocycles. The molecular weight excluding hydrogens is 227 g/mol. The second-order valence-corrected chi connectivity index (χ2v) is 4.23. The third kappa shape index (κ3) is 2.52. The lowest BCUT2D eigenvalue weighted by Crippen LogP contribution is -2.18. The Morgan fingerprint density at radius 3 is 2.47 bits per heavy atom. The molecule has 1 atom stereocenters. The molecule has 1 unspecified atom stereocenters. The van der Waals surface area contributed by atoms with E-state index in [0.29, 0.717) is 0 Å². The summed E-state index contributed by atoms with van der Waals surface area (Å²) in [5.74, 6) is 0. The molecule has 92 valence electrons. The monoisotopic (exact) mass is 241 g/mol. The van der Waals surface area contributed by atoms with E-state index < -0.39 is 17.8 Å². The van der Waals surface area contributed by atoms with Gasteiger partial charge < -0.3 is 5.73 Å². The maximum atomic E-state index is 12.8. The SMILES string of the molecule is NC(C1=CCCC1)c1ccccc1C(F)(F)F. The quantitative estimate of drug-likeness (QED) is 0.783. The summed E-state index contributed by atoms with van der Waals surface area (Å²) in [4.78, 5) is 0. The molecule has 17 heavy (non-hydrogen) atoms. The molecule has 2 N–H and O–H groups in total. The van der Waals surface area contributed by atoms with E-state index in [0.717, 1.165) is 30.9 Å². The number of hydrogen-bond donors (Lipinski definition) is 1. The summed E-state index contributed by atoms with van der Waals surface area (Å²) in [6, 6.07) is 4.91. The van der Waals surface area contributed by atoms with Crippen molar-refractivity contribution in [2.75, 3.05) is 0 Å². The largest absolute Gasteiger partial charge is 0.416 e. The highest BCUT2D eigenvalue weighted by molar-refractivity contribution is 5.37. The first-order chi connectivity index (χ1) is 8.00. The number of halogens is 3. The Morgan fingerprint density at radius 2 is 1.88 bits per heavy atom. The second-order valence-electron chi connectivity index (χ2n) is 4.23. The van der Waals surface area contributed by atoms with Gasteiger partial charge in [0.2, 0.25) is 0 Å². The van der Waals surface area contributed by atoms with Gasteiger partial charge in [-0.3, -0.25) is 0 Å². The highest BCUT2D eigenvalue weighted by Crippen LogP contribution is 2.37. The minimum Gasteiger partial charge on any atom is -0.321 e. The van der Waals surface area contributed by atoms with Crippen molar-refractivity contribution in [1.29, 1.82) is 0 Å². The number of allylic oxidation sites excluding steroid dienone is 1. The Hall–Kier alpha value is -1.29. The third-order valence-electron chi connectivity index (χ3n) is 3.08. The summed E-state index contributed by atoms with van der Waals surface area (Å²) in [5, 5.41) is 0. The highest BCUT2D eigenvalue weighted by Gasteiger charge is 2.34. The summed E-state index contributed by atoms with van der Waals surface area (Å²) >= 11 is 0. The molecule has 0 amide bonds. The third-order valence-corrected chi connectivity index (χ3v) is 3.08. The highest BCUT2D eigenvalue weighted by atomic mass is 19.4. The van der Waals surface area contributed by atoms with E-state index in [9.17, 15) is 13.2 Å². The van der Waals surface area contributed by atoms with Crippen molar-refractivity contribution in [3.63, 3.8) is 0 Å². The van der Waals surface area contributed by atoms with Crippen molar-refractivity contribution in [3.05, 3.63) is 47.0 Å². The van der Waals surface area contributed by atoms with Gasteiger partial charge in [-0.1, -0.05) is 29.8 Å². The van der Waals surface area contributed by atoms with Crippen LogP contribution in [-0.4, -0.2) is 0 Å². The first kappa shape index (κ1) is 12.2. The predicted molar refractivity (Wildman–Crippen MR) is 60.3 cm³/mol. The Balaban J connectivity index is 2.38. The van der Waals surface area contributed by atoms with Crippen molar-refractivity contribution in [3.8, 4) is 0 Å². The molecule has 4 heteroatoms. The summed E-state index contributed by atoms with van der Waals surface area (Å²) < 4.78 is 38.5. The Bertz CT molecular complexity index is 435. The van der Waals surface area contributed by atoms with Gasteiger partial charge in [-0.15, -0.1) is 0 Å². The molecule has 0 saturated heterocycles. The van der Waals surface area contributed by atoms with Crippen LogP contribution in [0.25, 0.3) is 0 Å². The Morgan fingerprint density at radius 1 is 1.18 bits per heavy atom. The Labute approximate surface area is 98.1 Å². The average molecular weight is 241 g/mol. The van der Waals surface area contributed by atoms with Crippen LogP contribution in [0.5, 0.6) is 0 Å². The standard InChI is InChI=1S/C13H14F3N/c14-13(15,16)11-8-4-3-7-10(11)12(17)9-5-1-2-6-9/h3-5,7-8,12H,1-2,6,17H2. The van der Waals surface area contributed by atoms with Crippen LogP contribution in [0.1, 0.15) is 36.4 Å². The zero-order chi connectivity index (χ0) is 12.5. The van der Waals surface area contributed by atoms with Gasteiger partial charge in [0.25, 0.3) is 0 Å². The molecule has 1 aliphatic rings. The molecule has 1 aliphatic carbocycles. The van der Waals surface area contributed by atoms with Crippen molar-refractivity contribution >= 4 is 0 Å².